The van der Waals surface area contributed by atoms with Crippen LogP contribution in [0.1, 0.15) is 48.0 Å². The first-order chi connectivity index (χ1) is 13.8. The molecule has 0 saturated carbocycles. The lowest BCUT2D eigenvalue weighted by atomic mass is 10.1. The summed E-state index contributed by atoms with van der Waals surface area (Å²) >= 11 is 1.34. The van der Waals surface area contributed by atoms with E-state index >= 15 is 0 Å². The Morgan fingerprint density at radius 3 is 2.59 bits per heavy atom. The van der Waals surface area contributed by atoms with Crippen molar-refractivity contribution in [1.82, 2.24) is 14.5 Å². The fourth-order valence-electron chi connectivity index (χ4n) is 3.26. The second-order valence-corrected chi connectivity index (χ2v) is 10.4. The lowest BCUT2D eigenvalue weighted by Crippen LogP contribution is -2.32. The highest BCUT2D eigenvalue weighted by molar-refractivity contribution is 7.89. The van der Waals surface area contributed by atoms with Crippen LogP contribution in [-0.4, -0.2) is 56.0 Å². The van der Waals surface area contributed by atoms with Crippen LogP contribution in [0.4, 0.5) is 10.8 Å². The van der Waals surface area contributed by atoms with Crippen molar-refractivity contribution in [2.45, 2.75) is 43.9 Å². The first-order valence-corrected chi connectivity index (χ1v) is 12.0. The molecule has 1 aromatic heterocycles. The van der Waals surface area contributed by atoms with Crippen LogP contribution in [0.25, 0.3) is 0 Å². The monoisotopic (exact) mass is 437 g/mol. The van der Waals surface area contributed by atoms with Gasteiger partial charge in [-0.3, -0.25) is 10.1 Å². The van der Waals surface area contributed by atoms with Crippen LogP contribution >= 0.6 is 11.3 Å². The number of piperidine rings is 1. The van der Waals surface area contributed by atoms with Gasteiger partial charge in [0.15, 0.2) is 0 Å². The lowest BCUT2D eigenvalue weighted by molar-refractivity contribution is 0.102. The quantitative estimate of drug-likeness (QED) is 0.715. The SMILES string of the molecule is CCCc1nnc(NC(=O)c2cc(S(=O)(=O)N(C)C)ccc2N2CCCCC2)s1. The average Bonchev–Trinajstić information content (AvgIpc) is 3.15. The van der Waals surface area contributed by atoms with Crippen LogP contribution in [0.2, 0.25) is 0 Å². The Balaban J connectivity index is 1.96. The van der Waals surface area contributed by atoms with Crippen molar-refractivity contribution in [1.29, 1.82) is 0 Å². The molecule has 0 spiro atoms. The molecule has 1 fully saturated rings. The van der Waals surface area contributed by atoms with Gasteiger partial charge in [0.05, 0.1) is 10.5 Å². The van der Waals surface area contributed by atoms with Gasteiger partial charge in [0.2, 0.25) is 15.2 Å². The molecule has 3 rings (SSSR count). The van der Waals surface area contributed by atoms with Crippen LogP contribution < -0.4 is 10.2 Å². The average molecular weight is 438 g/mol. The maximum atomic E-state index is 13.1. The molecule has 1 aromatic carbocycles. The van der Waals surface area contributed by atoms with Crippen molar-refractivity contribution < 1.29 is 13.2 Å². The molecule has 158 valence electrons. The van der Waals surface area contributed by atoms with Gasteiger partial charge in [-0.1, -0.05) is 18.3 Å². The summed E-state index contributed by atoms with van der Waals surface area (Å²) in [5, 5.41) is 12.2. The molecule has 8 nitrogen and oxygen atoms in total. The third-order valence-corrected chi connectivity index (χ3v) is 7.55. The van der Waals surface area contributed by atoms with E-state index in [0.717, 1.165) is 60.2 Å². The first-order valence-electron chi connectivity index (χ1n) is 9.78. The highest BCUT2D eigenvalue weighted by Crippen LogP contribution is 2.29. The molecule has 1 aliphatic heterocycles. The van der Waals surface area contributed by atoms with Gasteiger partial charge < -0.3 is 4.90 Å². The van der Waals surface area contributed by atoms with Crippen molar-refractivity contribution in [3.63, 3.8) is 0 Å². The maximum Gasteiger partial charge on any atom is 0.259 e. The van der Waals surface area contributed by atoms with E-state index in [-0.39, 0.29) is 10.8 Å². The number of rotatable bonds is 7. The minimum atomic E-state index is -3.65. The minimum absolute atomic E-state index is 0.0948. The van der Waals surface area contributed by atoms with Gasteiger partial charge in [-0.25, -0.2) is 12.7 Å². The van der Waals surface area contributed by atoms with E-state index in [2.05, 4.69) is 27.3 Å². The van der Waals surface area contributed by atoms with Crippen LogP contribution in [0.3, 0.4) is 0 Å². The molecule has 0 aliphatic carbocycles. The van der Waals surface area contributed by atoms with E-state index in [1.165, 1.54) is 31.5 Å². The minimum Gasteiger partial charge on any atom is -0.371 e. The Morgan fingerprint density at radius 1 is 1.21 bits per heavy atom. The summed E-state index contributed by atoms with van der Waals surface area (Å²) in [6.45, 7) is 3.75. The number of aromatic nitrogens is 2. The number of nitrogens with one attached hydrogen (secondary N) is 1. The summed E-state index contributed by atoms with van der Waals surface area (Å²) in [6, 6.07) is 4.77. The number of hydrogen-bond acceptors (Lipinski definition) is 7. The fraction of sp³-hybridized carbons (Fsp3) is 0.526. The molecule has 1 saturated heterocycles. The van der Waals surface area contributed by atoms with Gasteiger partial charge in [0.25, 0.3) is 5.91 Å². The molecule has 0 radical (unpaired) electrons. The number of amides is 1. The summed E-state index contributed by atoms with van der Waals surface area (Å²) in [5.74, 6) is -0.374. The molecule has 1 N–H and O–H groups in total. The molecule has 2 aromatic rings. The molecule has 0 unspecified atom stereocenters. The largest absolute Gasteiger partial charge is 0.371 e. The lowest BCUT2D eigenvalue weighted by Gasteiger charge is -2.30. The molecular formula is C19H27N5O3S2. The summed E-state index contributed by atoms with van der Waals surface area (Å²) < 4.78 is 26.3. The molecule has 1 amide bonds. The Bertz CT molecular complexity index is 966. The van der Waals surface area contributed by atoms with Crippen molar-refractivity contribution in [3.8, 4) is 0 Å². The molecular weight excluding hydrogens is 410 g/mol. The predicted molar refractivity (Wildman–Crippen MR) is 115 cm³/mol. The van der Waals surface area contributed by atoms with Crippen molar-refractivity contribution >= 4 is 38.1 Å². The Hall–Kier alpha value is -2.04. The second kappa shape index (κ2) is 9.19. The van der Waals surface area contributed by atoms with E-state index in [1.54, 1.807) is 12.1 Å². The van der Waals surface area contributed by atoms with Crippen LogP contribution in [-0.2, 0) is 16.4 Å². The predicted octanol–water partition coefficient (Wildman–Crippen LogP) is 2.98. The van der Waals surface area contributed by atoms with Crippen molar-refractivity contribution in [2.75, 3.05) is 37.4 Å². The van der Waals surface area contributed by atoms with Gasteiger partial charge in [0, 0.05) is 39.3 Å². The maximum absolute atomic E-state index is 13.1. The number of carbonyl (C=O) groups excluding carboxylic acids is 1. The van der Waals surface area contributed by atoms with Gasteiger partial charge in [-0.15, -0.1) is 10.2 Å². The molecule has 0 bridgehead atoms. The van der Waals surface area contributed by atoms with Gasteiger partial charge in [0.1, 0.15) is 5.01 Å². The van der Waals surface area contributed by atoms with E-state index in [1.807, 2.05) is 0 Å². The summed E-state index contributed by atoms with van der Waals surface area (Å²) in [6.07, 6.45) is 5.02. The third-order valence-electron chi connectivity index (χ3n) is 4.84. The number of benzene rings is 1. The Morgan fingerprint density at radius 2 is 1.93 bits per heavy atom. The third kappa shape index (κ3) is 4.93. The zero-order valence-corrected chi connectivity index (χ0v) is 18.6. The molecule has 1 aliphatic rings. The standard InChI is InChI=1S/C19H27N5O3S2/c1-4-8-17-21-22-19(28-17)20-18(25)15-13-14(29(26,27)23(2)3)9-10-16(15)24-11-6-5-7-12-24/h9-10,13H,4-8,11-12H2,1-3H3,(H,20,22,25). The van der Waals surface area contributed by atoms with Crippen LogP contribution in [0.5, 0.6) is 0 Å². The number of nitrogens with zero attached hydrogens (tertiary/aromatic N) is 4. The van der Waals surface area contributed by atoms with E-state index in [4.69, 9.17) is 0 Å². The van der Waals surface area contributed by atoms with E-state index in [9.17, 15) is 13.2 Å². The molecule has 2 heterocycles. The topological polar surface area (TPSA) is 95.5 Å². The van der Waals surface area contributed by atoms with Crippen molar-refractivity contribution in [2.24, 2.45) is 0 Å². The highest BCUT2D eigenvalue weighted by atomic mass is 32.2. The van der Waals surface area contributed by atoms with E-state index in [0.29, 0.717) is 10.7 Å². The number of carbonyl (C=O) groups is 1. The molecule has 29 heavy (non-hydrogen) atoms. The van der Waals surface area contributed by atoms with E-state index < -0.39 is 10.0 Å². The number of anilines is 2. The summed E-state index contributed by atoms with van der Waals surface area (Å²) in [4.78, 5) is 15.3. The number of hydrogen-bond donors (Lipinski definition) is 1. The second-order valence-electron chi connectivity index (χ2n) is 7.22. The van der Waals surface area contributed by atoms with Crippen LogP contribution in [0, 0.1) is 0 Å². The molecule has 0 atom stereocenters. The number of sulfonamides is 1. The summed E-state index contributed by atoms with van der Waals surface area (Å²) in [7, 11) is -0.694. The smallest absolute Gasteiger partial charge is 0.259 e. The number of aryl methyl sites for hydroxylation is 1. The molecule has 10 heteroatoms. The zero-order chi connectivity index (χ0) is 21.0. The fourth-order valence-corrected chi connectivity index (χ4v) is 5.03. The van der Waals surface area contributed by atoms with Gasteiger partial charge in [-0.2, -0.15) is 0 Å². The first kappa shape index (κ1) is 21.7. The Labute approximate surface area is 176 Å². The highest BCUT2D eigenvalue weighted by Gasteiger charge is 2.24. The van der Waals surface area contributed by atoms with Gasteiger partial charge in [-0.05, 0) is 43.9 Å². The normalized spacial score (nSPS) is 15.0. The Kier molecular flexibility index (Phi) is 6.86. The zero-order valence-electron chi connectivity index (χ0n) is 17.0. The van der Waals surface area contributed by atoms with Crippen LogP contribution in [0.15, 0.2) is 23.1 Å². The summed E-state index contributed by atoms with van der Waals surface area (Å²) in [5.41, 5.74) is 1.08. The van der Waals surface area contributed by atoms with Gasteiger partial charge >= 0.3 is 0 Å². The van der Waals surface area contributed by atoms with Crippen molar-refractivity contribution in [3.05, 3.63) is 28.8 Å².